The second-order valence-corrected chi connectivity index (χ2v) is 10.3. The Morgan fingerprint density at radius 2 is 1.74 bits per heavy atom. The lowest BCUT2D eigenvalue weighted by atomic mass is 9.86. The second-order valence-electron chi connectivity index (χ2n) is 10.3. The van der Waals surface area contributed by atoms with Crippen LogP contribution in [-0.2, 0) is 10.9 Å². The maximum Gasteiger partial charge on any atom is 0.416 e. The Morgan fingerprint density at radius 3 is 2.37 bits per heavy atom. The molecule has 4 rings (SSSR count). The van der Waals surface area contributed by atoms with Crippen molar-refractivity contribution in [2.45, 2.75) is 77.2 Å². The molecule has 1 aromatic heterocycles. The second kappa shape index (κ2) is 8.91. The molecule has 1 amide bonds. The lowest BCUT2D eigenvalue weighted by molar-refractivity contribution is -0.137. The summed E-state index contributed by atoms with van der Waals surface area (Å²) in [6.07, 6.45) is -2.06. The van der Waals surface area contributed by atoms with Crippen LogP contribution in [0.3, 0.4) is 0 Å². The van der Waals surface area contributed by atoms with Gasteiger partial charge in [0, 0.05) is 18.0 Å². The van der Waals surface area contributed by atoms with Gasteiger partial charge in [-0.1, -0.05) is 0 Å². The predicted molar refractivity (Wildman–Crippen MR) is 122 cm³/mol. The molecule has 0 radical (unpaired) electrons. The minimum atomic E-state index is -4.51. The minimum absolute atomic E-state index is 0.00340. The lowest BCUT2D eigenvalue weighted by Crippen LogP contribution is -2.51. The molecule has 0 N–H and O–H groups in total. The molecule has 2 aliphatic rings. The number of methoxy groups -OCH3 is 1. The maximum atomic E-state index is 13.5. The van der Waals surface area contributed by atoms with Crippen LogP contribution in [0.1, 0.15) is 68.1 Å². The average Bonchev–Trinajstić information content (AvgIpc) is 3.29. The van der Waals surface area contributed by atoms with Gasteiger partial charge in [-0.2, -0.15) is 13.2 Å². The molecule has 190 valence electrons. The van der Waals surface area contributed by atoms with E-state index in [9.17, 15) is 22.8 Å². The number of fused-ring (bicyclic) bond motifs is 2. The number of aryl methyl sites for hydroxylation is 1. The Labute approximate surface area is 202 Å². The normalized spacial score (nSPS) is 22.3. The Bertz CT molecular complexity index is 1130. The van der Waals surface area contributed by atoms with E-state index in [1.807, 2.05) is 20.8 Å². The van der Waals surface area contributed by atoms with E-state index in [4.69, 9.17) is 13.9 Å². The fourth-order valence-electron chi connectivity index (χ4n) is 5.17. The molecule has 0 saturated carbocycles. The van der Waals surface area contributed by atoms with Crippen molar-refractivity contribution >= 4 is 11.9 Å². The molecule has 3 unspecified atom stereocenters. The van der Waals surface area contributed by atoms with Gasteiger partial charge in [-0.3, -0.25) is 4.79 Å². The highest BCUT2D eigenvalue weighted by atomic mass is 19.4. The standard InChI is InChI=1S/C26H30F3NO5/c1-14-12-21(34-23(14)18-9-6-15(26(27,28)29)13-20(18)33-5)22(31)17-10-7-16-8-11-19(17)30(16)24(32)35-25(2,3)4/h6,9,12-13,16-17,19H,7-8,10-11H2,1-5H3. The molecular weight excluding hydrogens is 463 g/mol. The summed E-state index contributed by atoms with van der Waals surface area (Å²) in [5, 5.41) is 0. The number of alkyl halides is 3. The van der Waals surface area contributed by atoms with Crippen molar-refractivity contribution in [1.29, 1.82) is 0 Å². The van der Waals surface area contributed by atoms with E-state index in [-0.39, 0.29) is 35.1 Å². The Morgan fingerprint density at radius 1 is 1.06 bits per heavy atom. The van der Waals surface area contributed by atoms with Crippen LogP contribution in [0.4, 0.5) is 18.0 Å². The third-order valence-electron chi connectivity index (χ3n) is 6.70. The van der Waals surface area contributed by atoms with Crippen LogP contribution in [0.2, 0.25) is 0 Å². The molecule has 9 heteroatoms. The van der Waals surface area contributed by atoms with Crippen molar-refractivity contribution in [2.75, 3.05) is 7.11 Å². The van der Waals surface area contributed by atoms with Crippen molar-refractivity contribution in [3.8, 4) is 17.1 Å². The minimum Gasteiger partial charge on any atom is -0.496 e. The van der Waals surface area contributed by atoms with Crippen LogP contribution in [0, 0.1) is 12.8 Å². The highest BCUT2D eigenvalue weighted by molar-refractivity contribution is 5.97. The summed E-state index contributed by atoms with van der Waals surface area (Å²) in [7, 11) is 1.28. The Balaban J connectivity index is 1.61. The number of hydrogen-bond acceptors (Lipinski definition) is 5. The largest absolute Gasteiger partial charge is 0.496 e. The zero-order chi connectivity index (χ0) is 25.7. The zero-order valence-electron chi connectivity index (χ0n) is 20.5. The molecule has 2 bridgehead atoms. The van der Waals surface area contributed by atoms with Gasteiger partial charge in [0.1, 0.15) is 17.1 Å². The summed E-state index contributed by atoms with van der Waals surface area (Å²) in [5.74, 6) is -0.246. The molecule has 1 aromatic carbocycles. The monoisotopic (exact) mass is 493 g/mol. The number of ether oxygens (including phenoxy) is 2. The number of benzene rings is 1. The van der Waals surface area contributed by atoms with Gasteiger partial charge >= 0.3 is 12.3 Å². The summed E-state index contributed by atoms with van der Waals surface area (Å²) in [6, 6.07) is 4.55. The molecular formula is C26H30F3NO5. The molecule has 0 aliphatic carbocycles. The van der Waals surface area contributed by atoms with E-state index in [0.29, 0.717) is 30.4 Å². The average molecular weight is 494 g/mol. The third kappa shape index (κ3) is 4.90. The van der Waals surface area contributed by atoms with E-state index >= 15 is 0 Å². The molecule has 2 aliphatic heterocycles. The number of ketones is 1. The van der Waals surface area contributed by atoms with Gasteiger partial charge in [0.05, 0.1) is 18.2 Å². The Kier molecular flexibility index (Phi) is 6.40. The first kappa shape index (κ1) is 25.1. The molecule has 0 spiro atoms. The number of piperidine rings is 1. The van der Waals surface area contributed by atoms with Gasteiger partial charge in [0.15, 0.2) is 5.76 Å². The molecule has 3 atom stereocenters. The number of hydrogen-bond donors (Lipinski definition) is 0. The van der Waals surface area contributed by atoms with Gasteiger partial charge < -0.3 is 18.8 Å². The summed E-state index contributed by atoms with van der Waals surface area (Å²) in [6.45, 7) is 7.15. The highest BCUT2D eigenvalue weighted by Gasteiger charge is 2.49. The molecule has 2 saturated heterocycles. The van der Waals surface area contributed by atoms with Crippen molar-refractivity contribution in [1.82, 2.24) is 4.90 Å². The number of carbonyl (C=O) groups is 2. The summed E-state index contributed by atoms with van der Waals surface area (Å²) < 4.78 is 56.1. The molecule has 2 fully saturated rings. The van der Waals surface area contributed by atoms with Gasteiger partial charge in [-0.25, -0.2) is 4.79 Å². The number of nitrogens with zero attached hydrogens (tertiary/aromatic N) is 1. The van der Waals surface area contributed by atoms with Crippen LogP contribution < -0.4 is 4.74 Å². The highest BCUT2D eigenvalue weighted by Crippen LogP contribution is 2.43. The van der Waals surface area contributed by atoms with Crippen LogP contribution in [0.25, 0.3) is 11.3 Å². The SMILES string of the molecule is COc1cc(C(F)(F)F)ccc1-c1oc(C(=O)C2CCC3CCC2N3C(=O)OC(C)(C)C)cc1C. The van der Waals surface area contributed by atoms with Gasteiger partial charge in [0.25, 0.3) is 0 Å². The number of halogens is 3. The zero-order valence-corrected chi connectivity index (χ0v) is 20.5. The van der Waals surface area contributed by atoms with Crippen LogP contribution >= 0.6 is 0 Å². The topological polar surface area (TPSA) is 69.0 Å². The summed E-state index contributed by atoms with van der Waals surface area (Å²) in [4.78, 5) is 28.1. The van der Waals surface area contributed by atoms with E-state index in [2.05, 4.69) is 0 Å². The van der Waals surface area contributed by atoms with Crippen molar-refractivity contribution < 1.29 is 36.7 Å². The van der Waals surface area contributed by atoms with E-state index in [0.717, 1.165) is 18.6 Å². The van der Waals surface area contributed by atoms with Crippen molar-refractivity contribution in [3.05, 3.63) is 41.2 Å². The van der Waals surface area contributed by atoms with Gasteiger partial charge in [-0.15, -0.1) is 0 Å². The number of Topliss-reactive ketones (excluding diaryl/α,β-unsaturated/α-hetero) is 1. The van der Waals surface area contributed by atoms with E-state index in [1.165, 1.54) is 13.2 Å². The number of furan rings is 1. The van der Waals surface area contributed by atoms with E-state index < -0.39 is 29.4 Å². The fourth-order valence-corrected chi connectivity index (χ4v) is 5.17. The number of carbonyl (C=O) groups excluding carboxylic acids is 2. The maximum absolute atomic E-state index is 13.5. The first-order chi connectivity index (χ1) is 16.3. The van der Waals surface area contributed by atoms with E-state index in [1.54, 1.807) is 17.9 Å². The summed E-state index contributed by atoms with van der Waals surface area (Å²) >= 11 is 0. The van der Waals surface area contributed by atoms with Crippen LogP contribution in [-0.4, -0.2) is 41.6 Å². The molecule has 35 heavy (non-hydrogen) atoms. The van der Waals surface area contributed by atoms with Crippen molar-refractivity contribution in [3.63, 3.8) is 0 Å². The number of rotatable bonds is 4. The van der Waals surface area contributed by atoms with Gasteiger partial charge in [-0.05, 0) is 83.2 Å². The van der Waals surface area contributed by atoms with Crippen LogP contribution in [0.5, 0.6) is 5.75 Å². The lowest BCUT2D eigenvalue weighted by Gasteiger charge is -2.39. The first-order valence-corrected chi connectivity index (χ1v) is 11.7. The predicted octanol–water partition coefficient (Wildman–Crippen LogP) is 6.64. The smallest absolute Gasteiger partial charge is 0.416 e. The Hall–Kier alpha value is -2.97. The van der Waals surface area contributed by atoms with Gasteiger partial charge in [0.2, 0.25) is 5.78 Å². The first-order valence-electron chi connectivity index (χ1n) is 11.7. The molecule has 2 aromatic rings. The van der Waals surface area contributed by atoms with Crippen LogP contribution in [0.15, 0.2) is 28.7 Å². The third-order valence-corrected chi connectivity index (χ3v) is 6.70. The molecule has 6 nitrogen and oxygen atoms in total. The molecule has 3 heterocycles. The fraction of sp³-hybridized carbons (Fsp3) is 0.538. The van der Waals surface area contributed by atoms with Crippen molar-refractivity contribution in [2.24, 2.45) is 5.92 Å². The summed E-state index contributed by atoms with van der Waals surface area (Å²) in [5.41, 5.74) is -0.535. The number of amides is 1. The quantitative estimate of drug-likeness (QED) is 0.447.